The summed E-state index contributed by atoms with van der Waals surface area (Å²) in [6.45, 7) is 1.43. The van der Waals surface area contributed by atoms with Gasteiger partial charge < -0.3 is 14.6 Å². The molecule has 124 valence electrons. The van der Waals surface area contributed by atoms with Crippen molar-refractivity contribution in [2.24, 2.45) is 14.1 Å². The second-order valence-electron chi connectivity index (χ2n) is 4.83. The Labute approximate surface area is 130 Å². The first-order valence-corrected chi connectivity index (χ1v) is 6.90. The number of amides is 1. The van der Waals surface area contributed by atoms with E-state index in [0.29, 0.717) is 0 Å². The molecular formula is C13H17N5O5. The largest absolute Gasteiger partial charge is 0.465 e. The lowest BCUT2D eigenvalue weighted by molar-refractivity contribution is -0.143. The highest BCUT2D eigenvalue weighted by molar-refractivity contribution is 5.83. The van der Waals surface area contributed by atoms with Crippen molar-refractivity contribution in [1.29, 1.82) is 0 Å². The molecule has 0 aliphatic carbocycles. The number of aryl methyl sites for hydroxylation is 1. The number of imidazole rings is 1. The Hall–Kier alpha value is -2.91. The summed E-state index contributed by atoms with van der Waals surface area (Å²) in [6.07, 6.45) is 1.30. The molecule has 10 heteroatoms. The zero-order valence-electron chi connectivity index (χ0n) is 13.0. The molecule has 1 N–H and O–H groups in total. The number of nitrogens with zero attached hydrogens (tertiary/aromatic N) is 4. The molecule has 0 aromatic carbocycles. The van der Waals surface area contributed by atoms with E-state index in [9.17, 15) is 19.2 Å². The van der Waals surface area contributed by atoms with Crippen LogP contribution in [0.1, 0.15) is 6.92 Å². The normalized spacial score (nSPS) is 10.7. The van der Waals surface area contributed by atoms with E-state index in [1.165, 1.54) is 29.6 Å². The van der Waals surface area contributed by atoms with Crippen LogP contribution >= 0.6 is 0 Å². The molecule has 0 saturated carbocycles. The third-order valence-electron chi connectivity index (χ3n) is 3.27. The number of rotatable bonds is 5. The minimum Gasteiger partial charge on any atom is -0.465 e. The van der Waals surface area contributed by atoms with Gasteiger partial charge in [0.05, 0.1) is 12.9 Å². The molecule has 0 saturated heterocycles. The fourth-order valence-corrected chi connectivity index (χ4v) is 2.11. The minimum atomic E-state index is -0.547. The topological polar surface area (TPSA) is 117 Å². The number of carbonyl (C=O) groups excluding carboxylic acids is 2. The molecular weight excluding hydrogens is 306 g/mol. The summed E-state index contributed by atoms with van der Waals surface area (Å²) in [5.41, 5.74) is -0.713. The number of hydrogen-bond donors (Lipinski definition) is 1. The molecule has 0 aliphatic heterocycles. The van der Waals surface area contributed by atoms with E-state index >= 15 is 0 Å². The molecule has 2 aromatic heterocycles. The van der Waals surface area contributed by atoms with Gasteiger partial charge in [-0.25, -0.2) is 9.78 Å². The maximum absolute atomic E-state index is 12.2. The first-order valence-electron chi connectivity index (χ1n) is 6.90. The fourth-order valence-electron chi connectivity index (χ4n) is 2.11. The van der Waals surface area contributed by atoms with Crippen LogP contribution in [0.4, 0.5) is 0 Å². The Bertz CT molecular complexity index is 875. The van der Waals surface area contributed by atoms with Crippen LogP contribution in [0.3, 0.4) is 0 Å². The first kappa shape index (κ1) is 16.5. The molecule has 0 spiro atoms. The lowest BCUT2D eigenvalue weighted by Crippen LogP contribution is -2.38. The number of fused-ring (bicyclic) bond motifs is 1. The maximum atomic E-state index is 12.2. The summed E-state index contributed by atoms with van der Waals surface area (Å²) in [7, 11) is 2.84. The number of esters is 1. The van der Waals surface area contributed by atoms with Gasteiger partial charge in [0.1, 0.15) is 13.1 Å². The number of aromatic nitrogens is 4. The molecule has 0 fully saturated rings. The average molecular weight is 323 g/mol. The zero-order valence-corrected chi connectivity index (χ0v) is 13.0. The van der Waals surface area contributed by atoms with E-state index in [-0.39, 0.29) is 30.9 Å². The molecule has 2 heterocycles. The third kappa shape index (κ3) is 3.15. The molecule has 2 aromatic rings. The molecule has 23 heavy (non-hydrogen) atoms. The van der Waals surface area contributed by atoms with Crippen LogP contribution in [0, 0.1) is 0 Å². The Morgan fingerprint density at radius 1 is 1.26 bits per heavy atom. The van der Waals surface area contributed by atoms with Crippen molar-refractivity contribution >= 4 is 23.0 Å². The summed E-state index contributed by atoms with van der Waals surface area (Å²) in [6, 6.07) is 0. The highest BCUT2D eigenvalue weighted by Gasteiger charge is 2.16. The third-order valence-corrected chi connectivity index (χ3v) is 3.27. The van der Waals surface area contributed by atoms with Crippen molar-refractivity contribution in [3.8, 4) is 0 Å². The van der Waals surface area contributed by atoms with E-state index in [1.54, 1.807) is 6.92 Å². The van der Waals surface area contributed by atoms with E-state index in [1.807, 2.05) is 0 Å². The minimum absolute atomic E-state index is 0.140. The zero-order chi connectivity index (χ0) is 17.1. The Morgan fingerprint density at radius 3 is 2.61 bits per heavy atom. The molecule has 0 unspecified atom stereocenters. The molecule has 0 atom stereocenters. The first-order chi connectivity index (χ1) is 10.9. The molecule has 10 nitrogen and oxygen atoms in total. The van der Waals surface area contributed by atoms with Gasteiger partial charge in [-0.05, 0) is 6.92 Å². The highest BCUT2D eigenvalue weighted by atomic mass is 16.5. The van der Waals surface area contributed by atoms with Crippen LogP contribution < -0.4 is 16.6 Å². The van der Waals surface area contributed by atoms with Gasteiger partial charge in [0.2, 0.25) is 5.91 Å². The van der Waals surface area contributed by atoms with Crippen LogP contribution in [0.25, 0.3) is 11.2 Å². The second kappa shape index (κ2) is 6.46. The van der Waals surface area contributed by atoms with Gasteiger partial charge in [-0.15, -0.1) is 0 Å². The second-order valence-corrected chi connectivity index (χ2v) is 4.83. The molecule has 0 bridgehead atoms. The molecule has 1 amide bonds. The SMILES string of the molecule is CCOC(=O)CNC(=O)Cn1cnc2c1c(=O)n(C)c(=O)n2C. The summed E-state index contributed by atoms with van der Waals surface area (Å²) in [4.78, 5) is 51.1. The van der Waals surface area contributed by atoms with Gasteiger partial charge in [0.25, 0.3) is 5.56 Å². The van der Waals surface area contributed by atoms with Crippen molar-refractivity contribution < 1.29 is 14.3 Å². The van der Waals surface area contributed by atoms with Crippen molar-refractivity contribution in [3.63, 3.8) is 0 Å². The number of carbonyl (C=O) groups is 2. The Balaban J connectivity index is 2.25. The molecule has 0 aliphatic rings. The Morgan fingerprint density at radius 2 is 1.96 bits per heavy atom. The lowest BCUT2D eigenvalue weighted by Gasteiger charge is -2.07. The number of hydrogen-bond acceptors (Lipinski definition) is 6. The van der Waals surface area contributed by atoms with Crippen LogP contribution in [-0.4, -0.2) is 43.7 Å². The standard InChI is InChI=1S/C13H17N5O5/c1-4-23-9(20)5-14-8(19)6-18-7-15-11-10(18)12(21)17(3)13(22)16(11)2/h7H,4-6H2,1-3H3,(H,14,19). The predicted molar refractivity (Wildman–Crippen MR) is 79.9 cm³/mol. The van der Waals surface area contributed by atoms with E-state index in [2.05, 4.69) is 10.3 Å². The van der Waals surface area contributed by atoms with Crippen molar-refractivity contribution in [2.75, 3.05) is 13.2 Å². The van der Waals surface area contributed by atoms with E-state index < -0.39 is 23.1 Å². The summed E-state index contributed by atoms with van der Waals surface area (Å²) < 4.78 is 8.20. The van der Waals surface area contributed by atoms with Gasteiger partial charge in [0, 0.05) is 14.1 Å². The van der Waals surface area contributed by atoms with E-state index in [0.717, 1.165) is 4.57 Å². The number of ether oxygens (including phenoxy) is 1. The van der Waals surface area contributed by atoms with Crippen molar-refractivity contribution in [3.05, 3.63) is 27.2 Å². The maximum Gasteiger partial charge on any atom is 0.332 e. The van der Waals surface area contributed by atoms with Gasteiger partial charge in [-0.1, -0.05) is 0 Å². The summed E-state index contributed by atoms with van der Waals surface area (Å²) in [5.74, 6) is -1.03. The summed E-state index contributed by atoms with van der Waals surface area (Å²) >= 11 is 0. The van der Waals surface area contributed by atoms with Gasteiger partial charge in [-0.2, -0.15) is 0 Å². The van der Waals surface area contributed by atoms with E-state index in [4.69, 9.17) is 4.74 Å². The van der Waals surface area contributed by atoms with Crippen LogP contribution in [-0.2, 0) is 35.0 Å². The number of nitrogens with one attached hydrogen (secondary N) is 1. The van der Waals surface area contributed by atoms with Gasteiger partial charge in [0.15, 0.2) is 11.2 Å². The van der Waals surface area contributed by atoms with Crippen LogP contribution in [0.5, 0.6) is 0 Å². The van der Waals surface area contributed by atoms with Crippen LogP contribution in [0.15, 0.2) is 15.9 Å². The van der Waals surface area contributed by atoms with Gasteiger partial charge in [-0.3, -0.25) is 23.5 Å². The van der Waals surface area contributed by atoms with Crippen molar-refractivity contribution in [1.82, 2.24) is 24.0 Å². The monoisotopic (exact) mass is 323 g/mol. The quantitative estimate of drug-likeness (QED) is 0.643. The van der Waals surface area contributed by atoms with Crippen molar-refractivity contribution in [2.45, 2.75) is 13.5 Å². The molecule has 2 rings (SSSR count). The van der Waals surface area contributed by atoms with Gasteiger partial charge >= 0.3 is 11.7 Å². The predicted octanol–water partition coefficient (Wildman–Crippen LogP) is -1.89. The smallest absolute Gasteiger partial charge is 0.332 e. The Kier molecular flexibility index (Phi) is 4.63. The molecule has 0 radical (unpaired) electrons. The fraction of sp³-hybridized carbons (Fsp3) is 0.462. The highest BCUT2D eigenvalue weighted by Crippen LogP contribution is 2.04. The lowest BCUT2D eigenvalue weighted by atomic mass is 10.4. The average Bonchev–Trinajstić information content (AvgIpc) is 2.93. The van der Waals surface area contributed by atoms with Crippen LogP contribution in [0.2, 0.25) is 0 Å². The summed E-state index contributed by atoms with van der Waals surface area (Å²) in [5, 5.41) is 2.39.